The molecule has 0 bridgehead atoms. The Morgan fingerprint density at radius 3 is 2.21 bits per heavy atom. The molecule has 0 aromatic rings. The summed E-state index contributed by atoms with van der Waals surface area (Å²) in [6.45, 7) is 3.99. The Labute approximate surface area is 82.3 Å². The molecule has 0 atom stereocenters. The van der Waals surface area contributed by atoms with Gasteiger partial charge in [0.2, 0.25) is 0 Å². The minimum Gasteiger partial charge on any atom is -0.446 e. The Kier molecular flexibility index (Phi) is 6.26. The Bertz CT molecular complexity index is 192. The summed E-state index contributed by atoms with van der Waals surface area (Å²) in [4.78, 5) is 20.9. The second-order valence-electron chi connectivity index (χ2n) is 2.97. The molecule has 0 radical (unpaired) electrons. The van der Waals surface area contributed by atoms with Gasteiger partial charge < -0.3 is 19.9 Å². The molecular formula is C8H15NO5. The molecular weight excluding hydrogens is 190 g/mol. The van der Waals surface area contributed by atoms with Gasteiger partial charge in [-0.2, -0.15) is 0 Å². The lowest BCUT2D eigenvalue weighted by Gasteiger charge is -2.07. The minimum atomic E-state index is -0.899. The van der Waals surface area contributed by atoms with E-state index in [1.165, 1.54) is 0 Å². The normalized spacial score (nSPS) is 9.64. The third kappa shape index (κ3) is 8.63. The maximum absolute atomic E-state index is 10.8. The average molecular weight is 205 g/mol. The fourth-order valence-electron chi connectivity index (χ4n) is 0.544. The van der Waals surface area contributed by atoms with Gasteiger partial charge in [-0.1, -0.05) is 13.8 Å². The summed E-state index contributed by atoms with van der Waals surface area (Å²) in [5, 5.41) is 0. The van der Waals surface area contributed by atoms with Crippen LogP contribution in [0.4, 0.5) is 9.59 Å². The standard InChI is InChI=1S/C8H15NO5/c1-6(2)5-14-8(11)13-4-3-12-7(9)10/h6H,3-5H2,1-2H3,(H2,9,10). The number of ether oxygens (including phenoxy) is 3. The fourth-order valence-corrected chi connectivity index (χ4v) is 0.544. The molecule has 6 heteroatoms. The van der Waals surface area contributed by atoms with E-state index < -0.39 is 12.2 Å². The van der Waals surface area contributed by atoms with E-state index in [0.717, 1.165) is 0 Å². The summed E-state index contributed by atoms with van der Waals surface area (Å²) in [7, 11) is 0. The monoisotopic (exact) mass is 205 g/mol. The second kappa shape index (κ2) is 6.99. The van der Waals surface area contributed by atoms with Gasteiger partial charge in [-0.25, -0.2) is 9.59 Å². The number of hydrogen-bond donors (Lipinski definition) is 1. The van der Waals surface area contributed by atoms with Crippen molar-refractivity contribution in [2.75, 3.05) is 19.8 Å². The molecule has 0 saturated heterocycles. The van der Waals surface area contributed by atoms with E-state index in [2.05, 4.69) is 19.9 Å². The zero-order chi connectivity index (χ0) is 11.0. The zero-order valence-corrected chi connectivity index (χ0v) is 8.32. The Hall–Kier alpha value is -1.46. The lowest BCUT2D eigenvalue weighted by molar-refractivity contribution is 0.0338. The first kappa shape index (κ1) is 12.5. The van der Waals surface area contributed by atoms with Crippen LogP contribution in [0.3, 0.4) is 0 Å². The second-order valence-corrected chi connectivity index (χ2v) is 2.97. The van der Waals surface area contributed by atoms with Crippen LogP contribution in [-0.2, 0) is 14.2 Å². The van der Waals surface area contributed by atoms with Gasteiger partial charge in [0.15, 0.2) is 0 Å². The van der Waals surface area contributed by atoms with Gasteiger partial charge in [0, 0.05) is 0 Å². The van der Waals surface area contributed by atoms with Crippen molar-refractivity contribution in [3.05, 3.63) is 0 Å². The molecule has 2 N–H and O–H groups in total. The van der Waals surface area contributed by atoms with Crippen LogP contribution in [0.25, 0.3) is 0 Å². The molecule has 0 spiro atoms. The van der Waals surface area contributed by atoms with Crippen molar-refractivity contribution in [1.82, 2.24) is 0 Å². The Morgan fingerprint density at radius 2 is 1.71 bits per heavy atom. The number of nitrogens with two attached hydrogens (primary N) is 1. The predicted octanol–water partition coefficient (Wildman–Crippen LogP) is 0.891. The molecule has 0 aliphatic heterocycles. The maximum Gasteiger partial charge on any atom is 0.508 e. The molecule has 6 nitrogen and oxygen atoms in total. The maximum atomic E-state index is 10.8. The molecule has 0 heterocycles. The Balaban J connectivity index is 3.31. The molecule has 0 unspecified atom stereocenters. The highest BCUT2D eigenvalue weighted by atomic mass is 16.7. The predicted molar refractivity (Wildman–Crippen MR) is 47.7 cm³/mol. The van der Waals surface area contributed by atoms with E-state index in [9.17, 15) is 9.59 Å². The quantitative estimate of drug-likeness (QED) is 0.532. The molecule has 1 amide bonds. The number of hydrogen-bond acceptors (Lipinski definition) is 5. The smallest absolute Gasteiger partial charge is 0.446 e. The van der Waals surface area contributed by atoms with Gasteiger partial charge >= 0.3 is 12.2 Å². The van der Waals surface area contributed by atoms with Gasteiger partial charge in [0.1, 0.15) is 13.2 Å². The van der Waals surface area contributed by atoms with Crippen molar-refractivity contribution >= 4 is 12.2 Å². The zero-order valence-electron chi connectivity index (χ0n) is 8.32. The summed E-state index contributed by atoms with van der Waals surface area (Å²) in [5.41, 5.74) is 4.67. The minimum absolute atomic E-state index is 0.0557. The van der Waals surface area contributed by atoms with Gasteiger partial charge in [-0.05, 0) is 5.92 Å². The first-order chi connectivity index (χ1) is 6.52. The van der Waals surface area contributed by atoms with Crippen LogP contribution in [0.5, 0.6) is 0 Å². The van der Waals surface area contributed by atoms with E-state index in [0.29, 0.717) is 6.61 Å². The largest absolute Gasteiger partial charge is 0.508 e. The number of carbonyl (C=O) groups excluding carboxylic acids is 2. The molecule has 82 valence electrons. The third-order valence-electron chi connectivity index (χ3n) is 1.08. The van der Waals surface area contributed by atoms with Crippen LogP contribution >= 0.6 is 0 Å². The van der Waals surface area contributed by atoms with Crippen LogP contribution in [0, 0.1) is 5.92 Å². The molecule has 0 aromatic carbocycles. The van der Waals surface area contributed by atoms with Crippen LogP contribution in [-0.4, -0.2) is 32.1 Å². The van der Waals surface area contributed by atoms with Crippen LogP contribution in [0.1, 0.15) is 13.8 Å². The van der Waals surface area contributed by atoms with Gasteiger partial charge in [0.25, 0.3) is 0 Å². The van der Waals surface area contributed by atoms with Crippen molar-refractivity contribution in [2.24, 2.45) is 11.7 Å². The summed E-state index contributed by atoms with van der Waals surface area (Å²) < 4.78 is 13.6. The van der Waals surface area contributed by atoms with Gasteiger partial charge in [-0.15, -0.1) is 0 Å². The number of primary amides is 1. The first-order valence-corrected chi connectivity index (χ1v) is 4.24. The van der Waals surface area contributed by atoms with E-state index in [1.54, 1.807) is 0 Å². The van der Waals surface area contributed by atoms with Crippen molar-refractivity contribution in [3.8, 4) is 0 Å². The van der Waals surface area contributed by atoms with Crippen LogP contribution in [0.15, 0.2) is 0 Å². The highest BCUT2D eigenvalue weighted by Crippen LogP contribution is 1.94. The van der Waals surface area contributed by atoms with Gasteiger partial charge in [0.05, 0.1) is 6.61 Å². The molecule has 0 aliphatic carbocycles. The molecule has 0 saturated carbocycles. The van der Waals surface area contributed by atoms with E-state index in [-0.39, 0.29) is 19.1 Å². The summed E-state index contributed by atoms with van der Waals surface area (Å²) in [6.07, 6.45) is -1.67. The summed E-state index contributed by atoms with van der Waals surface area (Å²) in [5.74, 6) is 0.254. The fraction of sp³-hybridized carbons (Fsp3) is 0.750. The van der Waals surface area contributed by atoms with Crippen LogP contribution in [0.2, 0.25) is 0 Å². The highest BCUT2D eigenvalue weighted by Gasteiger charge is 2.05. The third-order valence-corrected chi connectivity index (χ3v) is 1.08. The van der Waals surface area contributed by atoms with E-state index in [1.807, 2.05) is 13.8 Å². The van der Waals surface area contributed by atoms with Crippen LogP contribution < -0.4 is 5.73 Å². The average Bonchev–Trinajstić information content (AvgIpc) is 2.08. The molecule has 0 rings (SSSR count). The lowest BCUT2D eigenvalue weighted by atomic mass is 10.2. The van der Waals surface area contributed by atoms with E-state index >= 15 is 0 Å². The lowest BCUT2D eigenvalue weighted by Crippen LogP contribution is -2.19. The van der Waals surface area contributed by atoms with E-state index in [4.69, 9.17) is 0 Å². The summed E-state index contributed by atoms with van der Waals surface area (Å²) >= 11 is 0. The molecule has 0 fully saturated rings. The SMILES string of the molecule is CC(C)COC(=O)OCCOC(N)=O. The molecule has 0 aliphatic rings. The Morgan fingerprint density at radius 1 is 1.14 bits per heavy atom. The van der Waals surface area contributed by atoms with Crippen molar-refractivity contribution < 1.29 is 23.8 Å². The first-order valence-electron chi connectivity index (χ1n) is 4.24. The summed E-state index contributed by atoms with van der Waals surface area (Å²) in [6, 6.07) is 0. The number of amides is 1. The van der Waals surface area contributed by atoms with Gasteiger partial charge in [-0.3, -0.25) is 0 Å². The number of carbonyl (C=O) groups is 2. The topological polar surface area (TPSA) is 87.8 Å². The van der Waals surface area contributed by atoms with Crippen molar-refractivity contribution in [3.63, 3.8) is 0 Å². The molecule has 14 heavy (non-hydrogen) atoms. The molecule has 0 aromatic heterocycles. The van der Waals surface area contributed by atoms with Crippen molar-refractivity contribution in [1.29, 1.82) is 0 Å². The van der Waals surface area contributed by atoms with Crippen molar-refractivity contribution in [2.45, 2.75) is 13.8 Å². The number of rotatable bonds is 5. The highest BCUT2D eigenvalue weighted by molar-refractivity contribution is 5.64.